The molecule has 2 rings (SSSR count). The van der Waals surface area contributed by atoms with E-state index >= 15 is 0 Å². The van der Waals surface area contributed by atoms with Gasteiger partial charge in [-0.05, 0) is 19.3 Å². The summed E-state index contributed by atoms with van der Waals surface area (Å²) in [6.07, 6.45) is 5.71. The summed E-state index contributed by atoms with van der Waals surface area (Å²) in [5, 5.41) is 0. The molecule has 1 aliphatic heterocycles. The fourth-order valence-corrected chi connectivity index (χ4v) is 1.33. The van der Waals surface area contributed by atoms with Crippen LogP contribution in [-0.2, 0) is 0 Å². The summed E-state index contributed by atoms with van der Waals surface area (Å²) in [7, 11) is 0. The van der Waals surface area contributed by atoms with Crippen LogP contribution in [0.3, 0.4) is 0 Å². The van der Waals surface area contributed by atoms with E-state index in [1.165, 1.54) is 32.2 Å². The van der Waals surface area contributed by atoms with E-state index in [-0.39, 0.29) is 0 Å². The van der Waals surface area contributed by atoms with Gasteiger partial charge in [0, 0.05) is 19.1 Å². The van der Waals surface area contributed by atoms with Crippen LogP contribution in [0.25, 0.3) is 0 Å². The molecule has 0 bridgehead atoms. The maximum Gasteiger partial charge on any atom is 0.0267 e. The van der Waals surface area contributed by atoms with Crippen molar-refractivity contribution in [2.24, 2.45) is 0 Å². The Balaban J connectivity index is 1.79. The highest BCUT2D eigenvalue weighted by Gasteiger charge is 2.28. The van der Waals surface area contributed by atoms with Gasteiger partial charge in [-0.2, -0.15) is 0 Å². The molecule has 2 aliphatic rings. The van der Waals surface area contributed by atoms with Gasteiger partial charge in [0.15, 0.2) is 0 Å². The average molecular weight is 110 g/mol. The Morgan fingerprint density at radius 1 is 1.38 bits per heavy atom. The maximum atomic E-state index is 2.49. The molecule has 1 nitrogen and oxygen atoms in total. The number of hydrogen-bond acceptors (Lipinski definition) is 1. The summed E-state index contributed by atoms with van der Waals surface area (Å²) in [5.74, 6) is 0. The van der Waals surface area contributed by atoms with Crippen molar-refractivity contribution in [1.29, 1.82) is 0 Å². The van der Waals surface area contributed by atoms with E-state index in [2.05, 4.69) is 11.4 Å². The lowest BCUT2D eigenvalue weighted by Crippen LogP contribution is -2.44. The number of likely N-dealkylation sites (tertiary alicyclic amines) is 1. The molecule has 1 saturated heterocycles. The van der Waals surface area contributed by atoms with Crippen molar-refractivity contribution in [3.63, 3.8) is 0 Å². The van der Waals surface area contributed by atoms with Gasteiger partial charge in [0.25, 0.3) is 0 Å². The molecule has 1 radical (unpaired) electrons. The van der Waals surface area contributed by atoms with E-state index in [9.17, 15) is 0 Å². The van der Waals surface area contributed by atoms with Crippen LogP contribution in [-0.4, -0.2) is 17.5 Å². The fraction of sp³-hybridized carbons (Fsp3) is 0.857. The van der Waals surface area contributed by atoms with Gasteiger partial charge in [-0.15, -0.1) is 0 Å². The molecule has 0 N–H and O–H groups in total. The topological polar surface area (TPSA) is 3.24 Å². The van der Waals surface area contributed by atoms with Crippen LogP contribution in [0.1, 0.15) is 25.7 Å². The molecule has 2 fully saturated rings. The maximum absolute atomic E-state index is 2.49. The minimum atomic E-state index is 0.962. The second-order valence-electron chi connectivity index (χ2n) is 2.79. The molecule has 1 saturated carbocycles. The van der Waals surface area contributed by atoms with Crippen LogP contribution in [0.4, 0.5) is 0 Å². The Kier molecular flexibility index (Phi) is 1.04. The van der Waals surface area contributed by atoms with Crippen LogP contribution >= 0.6 is 0 Å². The van der Waals surface area contributed by atoms with E-state index in [1.54, 1.807) is 0 Å². The van der Waals surface area contributed by atoms with Crippen molar-refractivity contribution in [3.05, 3.63) is 6.54 Å². The highest BCUT2D eigenvalue weighted by Crippen LogP contribution is 2.29. The lowest BCUT2D eigenvalue weighted by Gasteiger charge is -2.42. The molecule has 0 aromatic rings. The summed E-state index contributed by atoms with van der Waals surface area (Å²) in [6.45, 7) is 3.68. The first-order valence-electron chi connectivity index (χ1n) is 3.56. The number of nitrogens with zero attached hydrogens (tertiary/aromatic N) is 1. The molecule has 0 aromatic carbocycles. The van der Waals surface area contributed by atoms with Crippen molar-refractivity contribution in [1.82, 2.24) is 4.90 Å². The van der Waals surface area contributed by atoms with Crippen LogP contribution in [0.2, 0.25) is 0 Å². The van der Waals surface area contributed by atoms with Crippen molar-refractivity contribution in [3.8, 4) is 0 Å². The molecule has 0 amide bonds. The normalized spacial score (nSPS) is 31.5. The molecule has 45 valence electrons. The average Bonchev–Trinajstić information content (AvgIpc) is 1.47. The molecule has 0 spiro atoms. The molecule has 1 heteroatoms. The second kappa shape index (κ2) is 1.73. The van der Waals surface area contributed by atoms with E-state index in [0.29, 0.717) is 0 Å². The Morgan fingerprint density at radius 3 is 2.25 bits per heavy atom. The SMILES string of the molecule is [CH]1CCN1C1CCC1. The monoisotopic (exact) mass is 110 g/mol. The zero-order chi connectivity index (χ0) is 5.40. The molecular weight excluding hydrogens is 98.1 g/mol. The Hall–Kier alpha value is -0.0400. The first-order valence-corrected chi connectivity index (χ1v) is 3.56. The molecule has 8 heavy (non-hydrogen) atoms. The van der Waals surface area contributed by atoms with E-state index in [1.807, 2.05) is 0 Å². The first-order chi connectivity index (χ1) is 3.97. The van der Waals surface area contributed by atoms with Gasteiger partial charge in [0.2, 0.25) is 0 Å². The number of rotatable bonds is 1. The van der Waals surface area contributed by atoms with Crippen LogP contribution in [0.5, 0.6) is 0 Å². The summed E-state index contributed by atoms with van der Waals surface area (Å²) in [6, 6.07) is 0.962. The van der Waals surface area contributed by atoms with Gasteiger partial charge >= 0.3 is 0 Å². The lowest BCUT2D eigenvalue weighted by atomic mass is 9.89. The van der Waals surface area contributed by atoms with Crippen molar-refractivity contribution in [2.45, 2.75) is 31.7 Å². The van der Waals surface area contributed by atoms with Gasteiger partial charge in [0.05, 0.1) is 0 Å². The van der Waals surface area contributed by atoms with E-state index in [0.717, 1.165) is 6.04 Å². The third-order valence-corrected chi connectivity index (χ3v) is 2.29. The van der Waals surface area contributed by atoms with Crippen molar-refractivity contribution < 1.29 is 0 Å². The highest BCUT2D eigenvalue weighted by atomic mass is 15.2. The summed E-state index contributed by atoms with van der Waals surface area (Å²) in [5.41, 5.74) is 0. The predicted octanol–water partition coefficient (Wildman–Crippen LogP) is 1.41. The zero-order valence-corrected chi connectivity index (χ0v) is 5.14. The van der Waals surface area contributed by atoms with Gasteiger partial charge < -0.3 is 0 Å². The summed E-state index contributed by atoms with van der Waals surface area (Å²) >= 11 is 0. The van der Waals surface area contributed by atoms with E-state index in [4.69, 9.17) is 0 Å². The van der Waals surface area contributed by atoms with Crippen LogP contribution in [0.15, 0.2) is 0 Å². The molecule has 0 unspecified atom stereocenters. The van der Waals surface area contributed by atoms with Crippen LogP contribution in [0, 0.1) is 6.54 Å². The highest BCUT2D eigenvalue weighted by molar-refractivity contribution is 4.90. The van der Waals surface area contributed by atoms with Crippen molar-refractivity contribution in [2.75, 3.05) is 6.54 Å². The predicted molar refractivity (Wildman–Crippen MR) is 33.3 cm³/mol. The van der Waals surface area contributed by atoms with Gasteiger partial charge in [-0.3, -0.25) is 4.90 Å². The first kappa shape index (κ1) is 4.80. The molecule has 1 aliphatic carbocycles. The Labute approximate surface area is 50.7 Å². The van der Waals surface area contributed by atoms with Gasteiger partial charge in [-0.25, -0.2) is 0 Å². The molecule has 0 atom stereocenters. The van der Waals surface area contributed by atoms with E-state index < -0.39 is 0 Å². The third-order valence-electron chi connectivity index (χ3n) is 2.29. The Bertz CT molecular complexity index is 70.4. The summed E-state index contributed by atoms with van der Waals surface area (Å²) < 4.78 is 0. The Morgan fingerprint density at radius 2 is 2.12 bits per heavy atom. The zero-order valence-electron chi connectivity index (χ0n) is 5.14. The smallest absolute Gasteiger partial charge is 0.0267 e. The lowest BCUT2D eigenvalue weighted by molar-refractivity contribution is 0.110. The molecular formula is C7H12N. The number of hydrogen-bond donors (Lipinski definition) is 0. The minimum Gasteiger partial charge on any atom is -0.296 e. The second-order valence-corrected chi connectivity index (χ2v) is 2.79. The van der Waals surface area contributed by atoms with Crippen molar-refractivity contribution >= 4 is 0 Å². The summed E-state index contributed by atoms with van der Waals surface area (Å²) in [4.78, 5) is 2.49. The molecule has 1 heterocycles. The fourth-order valence-electron chi connectivity index (χ4n) is 1.33. The van der Waals surface area contributed by atoms with Gasteiger partial charge in [-0.1, -0.05) is 6.42 Å². The third kappa shape index (κ3) is 0.576. The molecule has 0 aromatic heterocycles. The van der Waals surface area contributed by atoms with Crippen LogP contribution < -0.4 is 0 Å². The largest absolute Gasteiger partial charge is 0.296 e. The quantitative estimate of drug-likeness (QED) is 0.493. The standard InChI is InChI=1S/C7H12N/c1-3-7(4-1)8-5-2-6-8/h5,7H,1-4,6H2. The van der Waals surface area contributed by atoms with Gasteiger partial charge in [0.1, 0.15) is 0 Å². The minimum absolute atomic E-state index is 0.962.